The highest BCUT2D eigenvalue weighted by atomic mass is 16.5. The number of ether oxygens (including phenoxy) is 2. The average molecular weight is 504 g/mol. The van der Waals surface area contributed by atoms with Gasteiger partial charge < -0.3 is 9.47 Å². The molecule has 188 valence electrons. The van der Waals surface area contributed by atoms with Gasteiger partial charge in [0.15, 0.2) is 11.4 Å². The smallest absolute Gasteiger partial charge is 0.228 e. The summed E-state index contributed by atoms with van der Waals surface area (Å²) in [5, 5.41) is 5.75. The Labute approximate surface area is 219 Å². The molecule has 0 spiro atoms. The van der Waals surface area contributed by atoms with Crippen LogP contribution in [0, 0.1) is 5.41 Å². The third-order valence-electron chi connectivity index (χ3n) is 7.34. The number of hydrogen-bond acceptors (Lipinski definition) is 7. The van der Waals surface area contributed by atoms with Gasteiger partial charge in [-0.25, -0.2) is 19.5 Å². The first kappa shape index (κ1) is 22.6. The fourth-order valence-electron chi connectivity index (χ4n) is 5.57. The third kappa shape index (κ3) is 3.55. The molecule has 0 N–H and O–H groups in total. The quantitative estimate of drug-likeness (QED) is 0.320. The lowest BCUT2D eigenvalue weighted by Gasteiger charge is -2.37. The van der Waals surface area contributed by atoms with Gasteiger partial charge in [-0.15, -0.1) is 5.10 Å². The highest BCUT2D eigenvalue weighted by Crippen LogP contribution is 2.50. The average Bonchev–Trinajstić information content (AvgIpc) is 3.36. The summed E-state index contributed by atoms with van der Waals surface area (Å²) < 4.78 is 13.4. The van der Waals surface area contributed by atoms with E-state index in [1.54, 1.807) is 18.0 Å². The molecule has 7 rings (SSSR count). The fraction of sp³-hybridized carbons (Fsp3) is 0.233. The number of aromatic nitrogens is 5. The molecule has 1 aliphatic heterocycles. The Morgan fingerprint density at radius 3 is 2.63 bits per heavy atom. The second-order valence-corrected chi connectivity index (χ2v) is 10.6. The van der Waals surface area contributed by atoms with Crippen LogP contribution >= 0.6 is 0 Å². The summed E-state index contributed by atoms with van der Waals surface area (Å²) in [7, 11) is 1.64. The van der Waals surface area contributed by atoms with Gasteiger partial charge in [0.2, 0.25) is 11.7 Å². The summed E-state index contributed by atoms with van der Waals surface area (Å²) >= 11 is 0. The van der Waals surface area contributed by atoms with Gasteiger partial charge >= 0.3 is 0 Å². The van der Waals surface area contributed by atoms with Crippen molar-refractivity contribution < 1.29 is 14.3 Å². The van der Waals surface area contributed by atoms with Crippen molar-refractivity contribution >= 4 is 22.3 Å². The van der Waals surface area contributed by atoms with E-state index >= 15 is 0 Å². The lowest BCUT2D eigenvalue weighted by Crippen LogP contribution is -2.33. The minimum Gasteiger partial charge on any atom is -0.497 e. The number of methoxy groups -OCH3 is 1. The number of hydrogen-bond donors (Lipinski definition) is 0. The Hall–Kier alpha value is -4.59. The minimum absolute atomic E-state index is 0.0839. The largest absolute Gasteiger partial charge is 0.497 e. The van der Waals surface area contributed by atoms with Crippen molar-refractivity contribution in [2.75, 3.05) is 7.11 Å². The summed E-state index contributed by atoms with van der Waals surface area (Å²) in [6.07, 6.45) is 2.72. The van der Waals surface area contributed by atoms with E-state index < -0.39 is 0 Å². The van der Waals surface area contributed by atoms with Crippen LogP contribution in [0.15, 0.2) is 78.3 Å². The molecular formula is C30H25N5O3. The molecule has 8 nitrogen and oxygen atoms in total. The van der Waals surface area contributed by atoms with Crippen molar-refractivity contribution in [2.45, 2.75) is 32.6 Å². The minimum atomic E-state index is -0.388. The maximum atomic E-state index is 13.6. The van der Waals surface area contributed by atoms with Crippen LogP contribution in [-0.2, 0) is 4.79 Å². The van der Waals surface area contributed by atoms with Crippen molar-refractivity contribution in [3.63, 3.8) is 0 Å². The van der Waals surface area contributed by atoms with Crippen LogP contribution in [0.25, 0.3) is 28.1 Å². The van der Waals surface area contributed by atoms with Gasteiger partial charge in [-0.1, -0.05) is 50.2 Å². The van der Waals surface area contributed by atoms with Gasteiger partial charge in [0.25, 0.3) is 0 Å². The zero-order chi connectivity index (χ0) is 26.0. The van der Waals surface area contributed by atoms with Crippen molar-refractivity contribution in [2.24, 2.45) is 5.41 Å². The topological polar surface area (TPSA) is 91.5 Å². The monoisotopic (exact) mass is 503 g/mol. The maximum absolute atomic E-state index is 13.6. The molecule has 3 aromatic heterocycles. The van der Waals surface area contributed by atoms with Gasteiger partial charge in [0, 0.05) is 29.7 Å². The van der Waals surface area contributed by atoms with Crippen molar-refractivity contribution in [3.05, 3.63) is 89.5 Å². The van der Waals surface area contributed by atoms with Crippen molar-refractivity contribution in [1.82, 2.24) is 24.6 Å². The molecule has 1 aliphatic carbocycles. The number of benzene rings is 2. The van der Waals surface area contributed by atoms with Gasteiger partial charge in [-0.3, -0.25) is 4.79 Å². The molecule has 0 unspecified atom stereocenters. The normalized spacial score (nSPS) is 18.3. The molecule has 0 bridgehead atoms. The molecule has 2 aliphatic rings. The molecule has 4 heterocycles. The van der Waals surface area contributed by atoms with Gasteiger partial charge in [-0.2, -0.15) is 0 Å². The highest BCUT2D eigenvalue weighted by molar-refractivity contribution is 6.00. The molecule has 0 fully saturated rings. The summed E-state index contributed by atoms with van der Waals surface area (Å²) in [4.78, 5) is 27.9. The van der Waals surface area contributed by atoms with E-state index in [9.17, 15) is 4.79 Å². The number of fused-ring (bicyclic) bond motifs is 4. The van der Waals surface area contributed by atoms with E-state index in [1.807, 2.05) is 60.7 Å². The zero-order valence-corrected chi connectivity index (χ0v) is 21.3. The van der Waals surface area contributed by atoms with Crippen LogP contribution in [0.3, 0.4) is 0 Å². The van der Waals surface area contributed by atoms with Gasteiger partial charge in [0.1, 0.15) is 23.5 Å². The lowest BCUT2D eigenvalue weighted by atomic mass is 9.70. The van der Waals surface area contributed by atoms with Crippen LogP contribution < -0.4 is 9.47 Å². The number of carbonyl (C=O) groups is 1. The van der Waals surface area contributed by atoms with E-state index in [4.69, 9.17) is 24.5 Å². The van der Waals surface area contributed by atoms with E-state index in [1.165, 1.54) is 0 Å². The van der Waals surface area contributed by atoms with E-state index in [0.717, 1.165) is 27.8 Å². The molecule has 0 saturated heterocycles. The predicted molar refractivity (Wildman–Crippen MR) is 142 cm³/mol. The first-order chi connectivity index (χ1) is 18.4. The number of allylic oxidation sites excluding steroid dienone is 2. The Bertz CT molecular complexity index is 1790. The Kier molecular flexibility index (Phi) is 4.88. The van der Waals surface area contributed by atoms with E-state index in [2.05, 4.69) is 18.8 Å². The summed E-state index contributed by atoms with van der Waals surface area (Å²) in [6, 6.07) is 19.7. The second-order valence-electron chi connectivity index (χ2n) is 10.6. The standard InChI is InChI=1S/C30H25N5O3/c1-30(2)14-22(36)25-23(15-30)38-29-26(24(25)18-8-11-19(37-3)12-9-18)28-33-27(34-35(28)16-31-29)21-13-10-17-6-4-5-7-20(17)32-21/h4-13,16,24H,14-15H2,1-3H3/t24-/m0/s1. The van der Waals surface area contributed by atoms with Gasteiger partial charge in [-0.05, 0) is 35.2 Å². The van der Waals surface area contributed by atoms with Crippen LogP contribution in [0.4, 0.5) is 0 Å². The van der Waals surface area contributed by atoms with Crippen molar-refractivity contribution in [3.8, 4) is 23.1 Å². The van der Waals surface area contributed by atoms with E-state index in [-0.39, 0.29) is 17.1 Å². The van der Waals surface area contributed by atoms with Gasteiger partial charge in [0.05, 0.1) is 18.2 Å². The fourth-order valence-corrected chi connectivity index (χ4v) is 5.57. The molecule has 0 radical (unpaired) electrons. The highest BCUT2D eigenvalue weighted by Gasteiger charge is 2.44. The Balaban J connectivity index is 1.44. The maximum Gasteiger partial charge on any atom is 0.228 e. The summed E-state index contributed by atoms with van der Waals surface area (Å²) in [6.45, 7) is 4.18. The number of carbonyl (C=O) groups excluding carboxylic acids is 1. The number of pyridine rings is 1. The first-order valence-electron chi connectivity index (χ1n) is 12.6. The number of Topliss-reactive ketones (excluding diaryl/α,β-unsaturated/α-hetero) is 1. The number of nitrogens with zero attached hydrogens (tertiary/aromatic N) is 5. The lowest BCUT2D eigenvalue weighted by molar-refractivity contribution is -0.118. The van der Waals surface area contributed by atoms with Crippen LogP contribution in [0.5, 0.6) is 11.6 Å². The third-order valence-corrected chi connectivity index (χ3v) is 7.34. The Morgan fingerprint density at radius 1 is 1.00 bits per heavy atom. The molecule has 38 heavy (non-hydrogen) atoms. The number of ketones is 1. The zero-order valence-electron chi connectivity index (χ0n) is 21.3. The second kappa shape index (κ2) is 8.21. The molecule has 5 aromatic rings. The molecular weight excluding hydrogens is 478 g/mol. The Morgan fingerprint density at radius 2 is 1.82 bits per heavy atom. The van der Waals surface area contributed by atoms with Crippen LogP contribution in [0.1, 0.15) is 43.7 Å². The molecule has 0 saturated carbocycles. The number of rotatable bonds is 3. The first-order valence-corrected chi connectivity index (χ1v) is 12.6. The predicted octanol–water partition coefficient (Wildman–Crippen LogP) is 5.52. The van der Waals surface area contributed by atoms with Crippen LogP contribution in [-0.4, -0.2) is 37.5 Å². The summed E-state index contributed by atoms with van der Waals surface area (Å²) in [5.41, 5.74) is 4.27. The molecule has 0 amide bonds. The SMILES string of the molecule is COc1ccc([C@H]2C3=C(CC(C)(C)CC3=O)Oc3ncn4nc(-c5ccc6ccccc6n5)nc4c32)cc1. The molecule has 2 aromatic carbocycles. The molecule has 8 heteroatoms. The van der Waals surface area contributed by atoms with Crippen molar-refractivity contribution in [1.29, 1.82) is 0 Å². The summed E-state index contributed by atoms with van der Waals surface area (Å²) in [5.74, 6) is 2.06. The molecule has 1 atom stereocenters. The van der Waals surface area contributed by atoms with Crippen LogP contribution in [0.2, 0.25) is 0 Å². The van der Waals surface area contributed by atoms with E-state index in [0.29, 0.717) is 47.2 Å². The number of para-hydroxylation sites is 1.